The molecule has 4 heterocycles. The summed E-state index contributed by atoms with van der Waals surface area (Å²) in [5, 5.41) is 11.6. The van der Waals surface area contributed by atoms with Crippen LogP contribution in [-0.2, 0) is 21.7 Å². The largest absolute Gasteiger partial charge is 0.456 e. The van der Waals surface area contributed by atoms with Gasteiger partial charge in [-0.15, -0.1) is 11.3 Å². The Morgan fingerprint density at radius 3 is 2.04 bits per heavy atom. The molecule has 0 saturated heterocycles. The van der Waals surface area contributed by atoms with E-state index in [1.165, 1.54) is 127 Å². The first kappa shape index (κ1) is 40.5. The van der Waals surface area contributed by atoms with E-state index in [1.807, 2.05) is 11.3 Å². The third kappa shape index (κ3) is 5.54. The van der Waals surface area contributed by atoms with Crippen molar-refractivity contribution in [1.29, 1.82) is 0 Å². The third-order valence-electron chi connectivity index (χ3n) is 16.8. The van der Waals surface area contributed by atoms with E-state index >= 15 is 0 Å². The number of hydrogen-bond donors (Lipinski definition) is 1. The minimum Gasteiger partial charge on any atom is -0.456 e. The zero-order valence-corrected chi connectivity index (χ0v) is 41.4. The number of aromatic nitrogens is 1. The van der Waals surface area contributed by atoms with Crippen molar-refractivity contribution >= 4 is 105 Å². The molecular formula is C63H55BN2OS. The van der Waals surface area contributed by atoms with Gasteiger partial charge in [-0.3, -0.25) is 0 Å². The maximum Gasteiger partial charge on any atom is 0.198 e. The molecule has 1 aliphatic heterocycles. The molecule has 14 rings (SSSR count). The summed E-state index contributed by atoms with van der Waals surface area (Å²) in [6.07, 6.45) is 2.39. The summed E-state index contributed by atoms with van der Waals surface area (Å²) in [6.45, 7) is 21.6. The lowest BCUT2D eigenvalue weighted by Crippen LogP contribution is -2.37. The minimum absolute atomic E-state index is 0.0682. The van der Waals surface area contributed by atoms with E-state index in [2.05, 4.69) is 206 Å². The quantitative estimate of drug-likeness (QED) is 0.179. The van der Waals surface area contributed by atoms with Crippen LogP contribution in [0.5, 0.6) is 0 Å². The molecule has 0 atom stereocenters. The summed E-state index contributed by atoms with van der Waals surface area (Å²) in [6, 6.07) is 51.4. The van der Waals surface area contributed by atoms with Gasteiger partial charge in [0, 0.05) is 81.3 Å². The van der Waals surface area contributed by atoms with Crippen molar-refractivity contribution in [3.63, 3.8) is 0 Å². The van der Waals surface area contributed by atoms with Crippen molar-refractivity contribution in [3.05, 3.63) is 161 Å². The first-order valence-electron chi connectivity index (χ1n) is 24.7. The highest BCUT2D eigenvalue weighted by atomic mass is 32.1. The van der Waals surface area contributed by atoms with Gasteiger partial charge in [0.05, 0.1) is 5.52 Å². The second-order valence-corrected chi connectivity index (χ2v) is 24.4. The molecule has 0 amide bonds. The number of furan rings is 1. The van der Waals surface area contributed by atoms with Gasteiger partial charge in [-0.25, -0.2) is 0 Å². The first-order chi connectivity index (χ1) is 32.5. The summed E-state index contributed by atoms with van der Waals surface area (Å²) in [5.41, 5.74) is 23.1. The van der Waals surface area contributed by atoms with Crippen molar-refractivity contribution in [2.75, 3.05) is 5.32 Å². The van der Waals surface area contributed by atoms with E-state index in [4.69, 9.17) is 4.42 Å². The molecule has 3 aliphatic rings. The second kappa shape index (κ2) is 13.4. The molecule has 11 aromatic rings. The fourth-order valence-electron chi connectivity index (χ4n) is 12.8. The first-order valence-corrected chi connectivity index (χ1v) is 25.5. The van der Waals surface area contributed by atoms with Crippen LogP contribution < -0.4 is 16.2 Å². The Kier molecular flexibility index (Phi) is 7.96. The lowest BCUT2D eigenvalue weighted by atomic mass is 9.59. The van der Waals surface area contributed by atoms with Crippen LogP contribution in [0, 0.1) is 0 Å². The molecule has 68 heavy (non-hydrogen) atoms. The third-order valence-corrected chi connectivity index (χ3v) is 18.0. The van der Waals surface area contributed by atoms with E-state index < -0.39 is 0 Å². The normalized spacial score (nSPS) is 16.4. The predicted octanol–water partition coefficient (Wildman–Crippen LogP) is 16.1. The van der Waals surface area contributed by atoms with E-state index in [0.29, 0.717) is 0 Å². The van der Waals surface area contributed by atoms with Crippen molar-refractivity contribution in [2.45, 2.75) is 96.8 Å². The fraction of sp³-hybridized carbons (Fsp3) is 0.238. The van der Waals surface area contributed by atoms with E-state index in [0.717, 1.165) is 35.2 Å². The van der Waals surface area contributed by atoms with Gasteiger partial charge in [-0.2, -0.15) is 0 Å². The Hall–Kier alpha value is -6.56. The highest BCUT2D eigenvalue weighted by molar-refractivity contribution is 7.25. The smallest absolute Gasteiger partial charge is 0.198 e. The van der Waals surface area contributed by atoms with Gasteiger partial charge < -0.3 is 14.3 Å². The van der Waals surface area contributed by atoms with Gasteiger partial charge >= 0.3 is 0 Å². The number of anilines is 2. The molecule has 0 spiro atoms. The minimum atomic E-state index is -0.179. The topological polar surface area (TPSA) is 30.1 Å². The van der Waals surface area contributed by atoms with Crippen molar-refractivity contribution in [2.24, 2.45) is 0 Å². The molecule has 3 nitrogen and oxygen atoms in total. The highest BCUT2D eigenvalue weighted by Crippen LogP contribution is 2.56. The van der Waals surface area contributed by atoms with E-state index in [1.54, 1.807) is 0 Å². The van der Waals surface area contributed by atoms with Crippen molar-refractivity contribution in [1.82, 2.24) is 4.57 Å². The van der Waals surface area contributed by atoms with Crippen LogP contribution >= 0.6 is 11.3 Å². The van der Waals surface area contributed by atoms with Crippen molar-refractivity contribution in [3.8, 4) is 27.9 Å². The molecule has 332 valence electrons. The molecule has 0 radical (unpaired) electrons. The van der Waals surface area contributed by atoms with Crippen LogP contribution in [0.3, 0.4) is 0 Å². The van der Waals surface area contributed by atoms with Crippen LogP contribution in [-0.4, -0.2) is 11.8 Å². The molecular weight excluding hydrogens is 844 g/mol. The summed E-state index contributed by atoms with van der Waals surface area (Å²) >= 11 is 1.90. The Morgan fingerprint density at radius 1 is 0.559 bits per heavy atom. The number of hydrogen-bond acceptors (Lipinski definition) is 3. The summed E-state index contributed by atoms with van der Waals surface area (Å²) < 4.78 is 11.9. The Bertz CT molecular complexity index is 4030. The lowest BCUT2D eigenvalue weighted by Gasteiger charge is -2.42. The van der Waals surface area contributed by atoms with Gasteiger partial charge in [0.25, 0.3) is 0 Å². The summed E-state index contributed by atoms with van der Waals surface area (Å²) in [4.78, 5) is 0. The number of thiophene rings is 1. The van der Waals surface area contributed by atoms with Gasteiger partial charge in [0.2, 0.25) is 0 Å². The molecule has 0 fully saturated rings. The number of nitrogens with one attached hydrogen (secondary N) is 1. The molecule has 0 saturated carbocycles. The molecule has 5 heteroatoms. The Balaban J connectivity index is 1.06. The molecule has 0 bridgehead atoms. The van der Waals surface area contributed by atoms with E-state index in [9.17, 15) is 0 Å². The maximum atomic E-state index is 6.62. The monoisotopic (exact) mass is 898 g/mol. The van der Waals surface area contributed by atoms with Crippen LogP contribution in [0.15, 0.2) is 138 Å². The Labute approximate surface area is 403 Å². The fourth-order valence-corrected chi connectivity index (χ4v) is 13.9. The average molecular weight is 899 g/mol. The highest BCUT2D eigenvalue weighted by Gasteiger charge is 2.43. The van der Waals surface area contributed by atoms with Gasteiger partial charge in [0.1, 0.15) is 11.2 Å². The zero-order valence-electron chi connectivity index (χ0n) is 40.6. The SMILES string of the molecule is CC(C)(C)c1ccc(Nc2cc3c(cc2-c2ccc4c5cc6sc7ccccc7c6cc5n5c4c2Bc2cc4c(cc2-5)oc2ccccc24)-c2cc4c(cc2C3(C)C)C(C)(C)CCC4(C)C)cc1. The molecule has 8 aromatic carbocycles. The molecule has 3 aromatic heterocycles. The number of rotatable bonds is 3. The molecule has 0 unspecified atom stereocenters. The van der Waals surface area contributed by atoms with Gasteiger partial charge in [0.15, 0.2) is 7.28 Å². The summed E-state index contributed by atoms with van der Waals surface area (Å²) in [5.74, 6) is 0. The van der Waals surface area contributed by atoms with Gasteiger partial charge in [-0.05, 0) is 134 Å². The number of para-hydroxylation sites is 1. The van der Waals surface area contributed by atoms with Crippen LogP contribution in [0.4, 0.5) is 11.4 Å². The number of nitrogens with zero attached hydrogens (tertiary/aromatic N) is 1. The van der Waals surface area contributed by atoms with Crippen LogP contribution in [0.1, 0.15) is 103 Å². The number of benzene rings is 8. The number of fused-ring (bicyclic) bond motifs is 15. The average Bonchev–Trinajstić information content (AvgIpc) is 4.02. The predicted molar refractivity (Wildman–Crippen MR) is 294 cm³/mol. The van der Waals surface area contributed by atoms with Gasteiger partial charge in [-0.1, -0.05) is 141 Å². The van der Waals surface area contributed by atoms with Crippen LogP contribution in [0.2, 0.25) is 0 Å². The Morgan fingerprint density at radius 2 is 1.26 bits per heavy atom. The molecule has 1 N–H and O–H groups in total. The summed E-state index contributed by atoms with van der Waals surface area (Å²) in [7, 11) is 0.806. The zero-order chi connectivity index (χ0) is 46.4. The standard InChI is InChI=1S/C63H55BN2OS/c1-60(2,3)34-18-20-35(21-19-34)65-51-32-47-40(41-27-48-49(31-46(41)63(47,8)9)62(6,7)25-24-61(48,4)5)26-42(51)38-22-23-39-43-30-57-45(37-15-11-13-17-56(37)68-57)29-52(43)66-53-33-55-44(28-50(53)64-58(38)59(39)66)36-14-10-12-16-54(36)67-55/h10-23,26-33,64-65H,24-25H2,1-9H3. The lowest BCUT2D eigenvalue weighted by molar-refractivity contribution is 0.331. The maximum absolute atomic E-state index is 6.62. The van der Waals surface area contributed by atoms with Crippen LogP contribution in [0.25, 0.3) is 91.9 Å². The van der Waals surface area contributed by atoms with E-state index in [-0.39, 0.29) is 21.7 Å². The second-order valence-electron chi connectivity index (χ2n) is 23.3. The van der Waals surface area contributed by atoms with Crippen molar-refractivity contribution < 1.29 is 4.42 Å². The molecule has 2 aliphatic carbocycles.